The Morgan fingerprint density at radius 3 is 2.71 bits per heavy atom. The number of hydrogen-bond donors (Lipinski definition) is 2. The Morgan fingerprint density at radius 1 is 1.23 bits per heavy atom. The first-order valence-electron chi connectivity index (χ1n) is 10.3. The summed E-state index contributed by atoms with van der Waals surface area (Å²) in [4.78, 5) is 26.6. The van der Waals surface area contributed by atoms with Crippen molar-refractivity contribution in [2.75, 3.05) is 36.1 Å². The second-order valence-corrected chi connectivity index (χ2v) is 9.47. The zero-order valence-corrected chi connectivity index (χ0v) is 18.3. The van der Waals surface area contributed by atoms with Crippen molar-refractivity contribution in [1.29, 1.82) is 0 Å². The van der Waals surface area contributed by atoms with Crippen molar-refractivity contribution in [3.05, 3.63) is 45.6 Å². The number of cyclic esters (lactones) is 1. The largest absolute Gasteiger partial charge is 0.442 e. The first kappa shape index (κ1) is 20.1. The van der Waals surface area contributed by atoms with Crippen molar-refractivity contribution in [3.8, 4) is 0 Å². The summed E-state index contributed by atoms with van der Waals surface area (Å²) < 4.78 is 5.98. The van der Waals surface area contributed by atoms with Crippen LogP contribution < -0.4 is 20.5 Å². The van der Waals surface area contributed by atoms with Crippen molar-refractivity contribution in [3.63, 3.8) is 0 Å². The number of carbonyl (C=O) groups is 2. The number of anilines is 2. The number of nitrogens with zero attached hydrogens (tertiary/aromatic N) is 3. The van der Waals surface area contributed by atoms with E-state index >= 15 is 0 Å². The van der Waals surface area contributed by atoms with Crippen LogP contribution in [0.1, 0.15) is 22.5 Å². The summed E-state index contributed by atoms with van der Waals surface area (Å²) in [5.41, 5.74) is 1.75. The third kappa shape index (κ3) is 4.47. The van der Waals surface area contributed by atoms with Crippen LogP contribution in [0.25, 0.3) is 0 Å². The van der Waals surface area contributed by atoms with E-state index in [2.05, 4.69) is 10.6 Å². The number of halogens is 1. The molecule has 1 aromatic heterocycles. The molecule has 2 fully saturated rings. The van der Waals surface area contributed by atoms with E-state index in [0.29, 0.717) is 21.7 Å². The van der Waals surface area contributed by atoms with Crippen molar-refractivity contribution < 1.29 is 14.3 Å². The summed E-state index contributed by atoms with van der Waals surface area (Å²) >= 11 is 7.08. The van der Waals surface area contributed by atoms with E-state index in [0.717, 1.165) is 30.3 Å². The molecule has 0 spiro atoms. The molecule has 3 heterocycles. The number of thiophene rings is 1. The third-order valence-electron chi connectivity index (χ3n) is 5.44. The second kappa shape index (κ2) is 8.39. The Morgan fingerprint density at radius 2 is 2.00 bits per heavy atom. The van der Waals surface area contributed by atoms with Crippen molar-refractivity contribution in [2.24, 2.45) is 11.0 Å². The van der Waals surface area contributed by atoms with Gasteiger partial charge in [0.15, 0.2) is 0 Å². The van der Waals surface area contributed by atoms with E-state index in [1.165, 1.54) is 24.2 Å². The Labute approximate surface area is 188 Å². The third-order valence-corrected chi connectivity index (χ3v) is 6.67. The summed E-state index contributed by atoms with van der Waals surface area (Å²) in [7, 11) is 0. The molecule has 1 atom stereocenters. The molecule has 2 aliphatic heterocycles. The molecule has 1 saturated carbocycles. The lowest BCUT2D eigenvalue weighted by atomic mass is 10.2. The first-order valence-corrected chi connectivity index (χ1v) is 11.5. The smallest absolute Gasteiger partial charge is 0.414 e. The highest BCUT2D eigenvalue weighted by Gasteiger charge is 2.33. The van der Waals surface area contributed by atoms with Crippen LogP contribution in [0.2, 0.25) is 4.34 Å². The molecule has 31 heavy (non-hydrogen) atoms. The molecule has 2 N–H and O–H groups in total. The molecule has 162 valence electrons. The van der Waals surface area contributed by atoms with Gasteiger partial charge in [0.05, 0.1) is 34.5 Å². The van der Waals surface area contributed by atoms with Crippen LogP contribution in [0, 0.1) is 5.92 Å². The molecule has 8 nitrogen and oxygen atoms in total. The highest BCUT2D eigenvalue weighted by molar-refractivity contribution is 7.18. The Kier molecular flexibility index (Phi) is 5.45. The minimum Gasteiger partial charge on any atom is -0.442 e. The van der Waals surface area contributed by atoms with Crippen LogP contribution in [0.5, 0.6) is 0 Å². The molecule has 2 amide bonds. The molecule has 2 aromatic rings. The van der Waals surface area contributed by atoms with E-state index in [9.17, 15) is 9.59 Å². The molecule has 5 rings (SSSR count). The predicted molar refractivity (Wildman–Crippen MR) is 121 cm³/mol. The molecular weight excluding hydrogens is 438 g/mol. The summed E-state index contributed by atoms with van der Waals surface area (Å²) in [6, 6.07) is 11.1. The number of hydrazone groups is 1. The SMILES string of the molecule is O=C(NC[C@H]1CN(c2ccc(N3CCNC(C4CC4)=N3)cc2)C(=O)O1)c1ccc(Cl)s1. The molecule has 1 saturated heterocycles. The van der Waals surface area contributed by atoms with Gasteiger partial charge in [-0.15, -0.1) is 11.3 Å². The summed E-state index contributed by atoms with van der Waals surface area (Å²) in [5.74, 6) is 1.43. The maximum atomic E-state index is 12.3. The second-order valence-electron chi connectivity index (χ2n) is 7.76. The maximum Gasteiger partial charge on any atom is 0.414 e. The fourth-order valence-electron chi connectivity index (χ4n) is 3.65. The monoisotopic (exact) mass is 459 g/mol. The van der Waals surface area contributed by atoms with E-state index in [1.54, 1.807) is 17.0 Å². The average molecular weight is 460 g/mol. The van der Waals surface area contributed by atoms with Crippen molar-refractivity contribution in [2.45, 2.75) is 18.9 Å². The number of amides is 2. The van der Waals surface area contributed by atoms with E-state index in [4.69, 9.17) is 21.4 Å². The zero-order valence-electron chi connectivity index (χ0n) is 16.7. The predicted octanol–water partition coefficient (Wildman–Crippen LogP) is 3.29. The Balaban J connectivity index is 1.19. The van der Waals surface area contributed by atoms with Crippen LogP contribution in [-0.2, 0) is 4.74 Å². The molecule has 0 unspecified atom stereocenters. The van der Waals surface area contributed by atoms with E-state index in [-0.39, 0.29) is 12.5 Å². The van der Waals surface area contributed by atoms with Gasteiger partial charge in [-0.05, 0) is 49.2 Å². The maximum absolute atomic E-state index is 12.3. The van der Waals surface area contributed by atoms with Gasteiger partial charge in [-0.25, -0.2) is 4.79 Å². The number of rotatable bonds is 6. The summed E-state index contributed by atoms with van der Waals surface area (Å²) in [6.07, 6.45) is 1.59. The standard InChI is InChI=1S/C21H22ClN5O3S/c22-18-8-7-17(31-18)20(28)24-11-16-12-26(21(29)30-16)14-3-5-15(6-4-14)27-10-9-23-19(25-27)13-1-2-13/h3-8,13,16H,1-2,9-12H2,(H,23,25)(H,24,28)/t16-/m0/s1. The highest BCUT2D eigenvalue weighted by atomic mass is 35.5. The normalized spacial score (nSPS) is 20.9. The summed E-state index contributed by atoms with van der Waals surface area (Å²) in [5, 5.41) is 12.9. The lowest BCUT2D eigenvalue weighted by Gasteiger charge is -2.26. The van der Waals surface area contributed by atoms with Crippen LogP contribution >= 0.6 is 22.9 Å². The van der Waals surface area contributed by atoms with Crippen molar-refractivity contribution in [1.82, 2.24) is 10.6 Å². The summed E-state index contributed by atoms with van der Waals surface area (Å²) in [6.45, 7) is 2.30. The van der Waals surface area contributed by atoms with Crippen LogP contribution in [0.3, 0.4) is 0 Å². The van der Waals surface area contributed by atoms with Gasteiger partial charge in [0.1, 0.15) is 11.9 Å². The van der Waals surface area contributed by atoms with Gasteiger partial charge in [0.25, 0.3) is 5.91 Å². The number of amidine groups is 1. The molecule has 1 aliphatic carbocycles. The first-order chi connectivity index (χ1) is 15.1. The van der Waals surface area contributed by atoms with Gasteiger partial charge < -0.3 is 15.4 Å². The van der Waals surface area contributed by atoms with Gasteiger partial charge in [0, 0.05) is 18.2 Å². The molecule has 0 bridgehead atoms. The van der Waals surface area contributed by atoms with Gasteiger partial charge in [-0.3, -0.25) is 14.7 Å². The number of ether oxygens (including phenoxy) is 1. The number of carbonyl (C=O) groups excluding carboxylic acids is 2. The molecule has 3 aliphatic rings. The molecular formula is C21H22ClN5O3S. The van der Waals surface area contributed by atoms with E-state index in [1.807, 2.05) is 29.3 Å². The molecule has 10 heteroatoms. The minimum atomic E-state index is -0.414. The fraction of sp³-hybridized carbons (Fsp3) is 0.381. The van der Waals surface area contributed by atoms with Crippen LogP contribution in [0.4, 0.5) is 16.2 Å². The Bertz CT molecular complexity index is 1020. The number of nitrogens with one attached hydrogen (secondary N) is 2. The van der Waals surface area contributed by atoms with Gasteiger partial charge in [0.2, 0.25) is 0 Å². The lowest BCUT2D eigenvalue weighted by Crippen LogP contribution is -2.41. The number of hydrogen-bond acceptors (Lipinski definition) is 7. The topological polar surface area (TPSA) is 86.3 Å². The fourth-order valence-corrected chi connectivity index (χ4v) is 4.61. The molecule has 0 radical (unpaired) electrons. The lowest BCUT2D eigenvalue weighted by molar-refractivity contribution is 0.0920. The molecule has 1 aromatic carbocycles. The van der Waals surface area contributed by atoms with Crippen LogP contribution in [-0.4, -0.2) is 50.1 Å². The average Bonchev–Trinajstić information content (AvgIpc) is 3.45. The van der Waals surface area contributed by atoms with Crippen molar-refractivity contribution >= 4 is 52.1 Å². The van der Waals surface area contributed by atoms with E-state index < -0.39 is 12.2 Å². The van der Waals surface area contributed by atoms with Gasteiger partial charge in [-0.1, -0.05) is 11.6 Å². The minimum absolute atomic E-state index is 0.224. The van der Waals surface area contributed by atoms with Crippen LogP contribution in [0.15, 0.2) is 41.5 Å². The Hall–Kier alpha value is -2.78. The highest BCUT2D eigenvalue weighted by Crippen LogP contribution is 2.32. The quantitative estimate of drug-likeness (QED) is 0.692. The van der Waals surface area contributed by atoms with Gasteiger partial charge in [-0.2, -0.15) is 5.10 Å². The number of benzene rings is 1. The van der Waals surface area contributed by atoms with Gasteiger partial charge >= 0.3 is 6.09 Å². The zero-order chi connectivity index (χ0) is 21.4.